The van der Waals surface area contributed by atoms with Crippen LogP contribution in [0.1, 0.15) is 33.6 Å². The van der Waals surface area contributed by atoms with Gasteiger partial charge < -0.3 is 14.3 Å². The third kappa shape index (κ3) is 5.89. The molecule has 29 heavy (non-hydrogen) atoms. The van der Waals surface area contributed by atoms with Gasteiger partial charge in [-0.25, -0.2) is 4.79 Å². The Balaban J connectivity index is 2.25. The van der Waals surface area contributed by atoms with Gasteiger partial charge in [0, 0.05) is 6.08 Å². The summed E-state index contributed by atoms with van der Waals surface area (Å²) in [5.74, 6) is -0.386. The summed E-state index contributed by atoms with van der Waals surface area (Å²) >= 11 is 0. The summed E-state index contributed by atoms with van der Waals surface area (Å²) < 4.78 is 11.3. The molecule has 0 saturated heterocycles. The van der Waals surface area contributed by atoms with E-state index in [4.69, 9.17) is 4.43 Å². The lowest BCUT2D eigenvalue weighted by molar-refractivity contribution is -0.134. The third-order valence-electron chi connectivity index (χ3n) is 5.03. The summed E-state index contributed by atoms with van der Waals surface area (Å²) in [6.07, 6.45) is 3.60. The number of hydrogen-bond acceptors (Lipinski definition) is 4. The van der Waals surface area contributed by atoms with E-state index in [1.54, 1.807) is 6.08 Å². The van der Waals surface area contributed by atoms with Crippen LogP contribution in [0.5, 0.6) is 0 Å². The standard InChI is InChI=1S/C24H32O4Si/c1-24(2,3)29(21-14-7-5-8-15-21,22-16-9-6-10-17-22)28-19-20(25)13-11-12-18-23(26)27-4/h5-10,12,14-18,20,25H,11,13,19H2,1-4H3/b18-12+/t20-/m1/s1. The predicted octanol–water partition coefficient (Wildman–Crippen LogP) is 3.43. The zero-order valence-electron chi connectivity index (χ0n) is 17.8. The normalized spacial score (nSPS) is 13.4. The number of carbonyl (C=O) groups is 1. The lowest BCUT2D eigenvalue weighted by atomic mass is 10.2. The van der Waals surface area contributed by atoms with Crippen LogP contribution in [0.25, 0.3) is 0 Å². The van der Waals surface area contributed by atoms with Crippen LogP contribution in [-0.4, -0.2) is 39.2 Å². The summed E-state index contributed by atoms with van der Waals surface area (Å²) in [4.78, 5) is 11.1. The molecule has 2 aromatic rings. The van der Waals surface area contributed by atoms with Crippen LogP contribution in [0, 0.1) is 0 Å². The van der Waals surface area contributed by atoms with Gasteiger partial charge in [-0.2, -0.15) is 0 Å². The van der Waals surface area contributed by atoms with Gasteiger partial charge in [0.2, 0.25) is 0 Å². The quantitative estimate of drug-likeness (QED) is 0.389. The molecule has 0 radical (unpaired) electrons. The van der Waals surface area contributed by atoms with E-state index >= 15 is 0 Å². The van der Waals surface area contributed by atoms with Gasteiger partial charge in [0.05, 0.1) is 19.8 Å². The fourth-order valence-corrected chi connectivity index (χ4v) is 8.20. The number of allylic oxidation sites excluding steroid dienone is 1. The Morgan fingerprint density at radius 2 is 1.55 bits per heavy atom. The minimum absolute atomic E-state index is 0.125. The summed E-state index contributed by atoms with van der Waals surface area (Å²) in [5.41, 5.74) is 0. The maximum atomic E-state index is 11.1. The van der Waals surface area contributed by atoms with Gasteiger partial charge in [-0.05, 0) is 28.3 Å². The van der Waals surface area contributed by atoms with E-state index in [1.165, 1.54) is 23.6 Å². The largest absolute Gasteiger partial charge is 0.466 e. The average Bonchev–Trinajstić information content (AvgIpc) is 2.72. The van der Waals surface area contributed by atoms with Crippen molar-refractivity contribution in [2.24, 2.45) is 0 Å². The molecule has 0 spiro atoms. The molecule has 1 N–H and O–H groups in total. The van der Waals surface area contributed by atoms with Gasteiger partial charge in [-0.1, -0.05) is 87.5 Å². The van der Waals surface area contributed by atoms with Crippen LogP contribution in [0.15, 0.2) is 72.8 Å². The number of aliphatic hydroxyl groups is 1. The molecule has 156 valence electrons. The summed E-state index contributed by atoms with van der Waals surface area (Å²) in [7, 11) is -1.29. The molecule has 0 bridgehead atoms. The maximum Gasteiger partial charge on any atom is 0.330 e. The highest BCUT2D eigenvalue weighted by Crippen LogP contribution is 2.36. The van der Waals surface area contributed by atoms with Gasteiger partial charge in [0.25, 0.3) is 8.32 Å². The van der Waals surface area contributed by atoms with Gasteiger partial charge in [0.1, 0.15) is 0 Å². The van der Waals surface area contributed by atoms with E-state index in [0.29, 0.717) is 12.8 Å². The number of ether oxygens (including phenoxy) is 1. The molecule has 2 aromatic carbocycles. The smallest absolute Gasteiger partial charge is 0.330 e. The van der Waals surface area contributed by atoms with E-state index in [2.05, 4.69) is 49.8 Å². The van der Waals surface area contributed by atoms with Gasteiger partial charge in [-0.3, -0.25) is 0 Å². The number of methoxy groups -OCH3 is 1. The topological polar surface area (TPSA) is 55.8 Å². The molecule has 0 aliphatic heterocycles. The lowest BCUT2D eigenvalue weighted by Crippen LogP contribution is -2.67. The van der Waals surface area contributed by atoms with Crippen molar-refractivity contribution in [2.75, 3.05) is 13.7 Å². The molecule has 0 saturated carbocycles. The number of carbonyl (C=O) groups excluding carboxylic acids is 1. The molecule has 4 nitrogen and oxygen atoms in total. The summed E-state index contributed by atoms with van der Waals surface area (Å²) in [5, 5.41) is 12.8. The van der Waals surface area contributed by atoms with Gasteiger partial charge >= 0.3 is 5.97 Å². The Morgan fingerprint density at radius 3 is 2.00 bits per heavy atom. The second-order valence-electron chi connectivity index (χ2n) is 8.13. The molecule has 0 aliphatic rings. The molecular formula is C24H32O4Si. The fourth-order valence-electron chi connectivity index (χ4n) is 3.60. The zero-order valence-corrected chi connectivity index (χ0v) is 18.8. The van der Waals surface area contributed by atoms with Crippen molar-refractivity contribution < 1.29 is 19.1 Å². The van der Waals surface area contributed by atoms with Crippen molar-refractivity contribution in [3.63, 3.8) is 0 Å². The van der Waals surface area contributed by atoms with Crippen molar-refractivity contribution in [1.82, 2.24) is 0 Å². The second-order valence-corrected chi connectivity index (χ2v) is 12.4. The van der Waals surface area contributed by atoms with Crippen molar-refractivity contribution >= 4 is 24.7 Å². The summed E-state index contributed by atoms with van der Waals surface area (Å²) in [6.45, 7) is 6.89. The number of benzene rings is 2. The van der Waals surface area contributed by atoms with Crippen LogP contribution in [0.3, 0.4) is 0 Å². The fraction of sp³-hybridized carbons (Fsp3) is 0.375. The Morgan fingerprint density at radius 1 is 1.03 bits per heavy atom. The minimum atomic E-state index is -2.64. The Bertz CT molecular complexity index is 742. The third-order valence-corrected chi connectivity index (χ3v) is 10.0. The lowest BCUT2D eigenvalue weighted by Gasteiger charge is -2.43. The zero-order chi connectivity index (χ0) is 21.3. The molecule has 5 heteroatoms. The maximum absolute atomic E-state index is 11.1. The molecule has 0 fully saturated rings. The number of esters is 1. The Kier molecular flexibility index (Phi) is 8.38. The number of rotatable bonds is 9. The highest BCUT2D eigenvalue weighted by atomic mass is 28.4. The Hall–Kier alpha value is -2.21. The first-order valence-electron chi connectivity index (χ1n) is 9.99. The summed E-state index contributed by atoms with van der Waals surface area (Å²) in [6, 6.07) is 20.7. The van der Waals surface area contributed by atoms with E-state index in [0.717, 1.165) is 0 Å². The van der Waals surface area contributed by atoms with Crippen molar-refractivity contribution in [3.05, 3.63) is 72.8 Å². The SMILES string of the molecule is COC(=O)/C=C/CC[C@@H](O)CO[Si](c1ccccc1)(c1ccccc1)C(C)(C)C. The monoisotopic (exact) mass is 412 g/mol. The van der Waals surface area contributed by atoms with Crippen LogP contribution >= 0.6 is 0 Å². The highest BCUT2D eigenvalue weighted by molar-refractivity contribution is 6.99. The van der Waals surface area contributed by atoms with E-state index in [-0.39, 0.29) is 17.6 Å². The van der Waals surface area contributed by atoms with Crippen molar-refractivity contribution in [3.8, 4) is 0 Å². The van der Waals surface area contributed by atoms with Crippen LogP contribution in [0.4, 0.5) is 0 Å². The average molecular weight is 413 g/mol. The molecule has 0 aliphatic carbocycles. The van der Waals surface area contributed by atoms with E-state index in [9.17, 15) is 9.90 Å². The second kappa shape index (κ2) is 10.5. The van der Waals surface area contributed by atoms with Crippen LogP contribution in [-0.2, 0) is 14.0 Å². The molecule has 2 rings (SSSR count). The molecule has 0 aromatic heterocycles. The van der Waals surface area contributed by atoms with Gasteiger partial charge in [-0.15, -0.1) is 0 Å². The first kappa shape index (κ1) is 23.1. The number of hydrogen-bond donors (Lipinski definition) is 1. The molecule has 0 heterocycles. The van der Waals surface area contributed by atoms with Crippen LogP contribution < -0.4 is 10.4 Å². The number of aliphatic hydroxyl groups excluding tert-OH is 1. The Labute approximate surface area is 175 Å². The molecular weight excluding hydrogens is 380 g/mol. The predicted molar refractivity (Wildman–Crippen MR) is 120 cm³/mol. The molecule has 0 unspecified atom stereocenters. The van der Waals surface area contributed by atoms with E-state index in [1.807, 2.05) is 36.4 Å². The highest BCUT2D eigenvalue weighted by Gasteiger charge is 2.50. The van der Waals surface area contributed by atoms with Crippen LogP contribution in [0.2, 0.25) is 5.04 Å². The van der Waals surface area contributed by atoms with Crippen molar-refractivity contribution in [1.29, 1.82) is 0 Å². The van der Waals surface area contributed by atoms with E-state index < -0.39 is 14.4 Å². The molecule has 1 atom stereocenters. The van der Waals surface area contributed by atoms with Gasteiger partial charge in [0.15, 0.2) is 0 Å². The first-order valence-corrected chi connectivity index (χ1v) is 11.9. The first-order chi connectivity index (χ1) is 13.8. The minimum Gasteiger partial charge on any atom is -0.466 e. The van der Waals surface area contributed by atoms with Crippen molar-refractivity contribution in [2.45, 2.75) is 44.8 Å². The molecule has 0 amide bonds.